The van der Waals surface area contributed by atoms with Crippen LogP contribution in [-0.4, -0.2) is 72.0 Å². The number of carbonyl (C=O) groups excluding carboxylic acids is 1. The number of para-hydroxylation sites is 1. The molecule has 0 aliphatic rings. The molecule has 0 radical (unpaired) electrons. The maximum Gasteiger partial charge on any atom is 0.221 e. The molecule has 0 unspecified atom stereocenters. The second kappa shape index (κ2) is 17.0. The first-order valence-electron chi connectivity index (χ1n) is 10.7. The molecule has 2 aromatic carbocycles. The normalized spacial score (nSPS) is 10.7. The van der Waals surface area contributed by atoms with Gasteiger partial charge >= 0.3 is 0 Å². The molecule has 0 aliphatic heterocycles. The van der Waals surface area contributed by atoms with Crippen LogP contribution in [0.1, 0.15) is 6.92 Å². The summed E-state index contributed by atoms with van der Waals surface area (Å²) >= 11 is 0. The van der Waals surface area contributed by atoms with Crippen LogP contribution in [0, 0.1) is 0 Å². The van der Waals surface area contributed by atoms with Crippen molar-refractivity contribution in [3.8, 4) is 11.5 Å². The maximum atomic E-state index is 11.0. The minimum atomic E-state index is -0.101. The third-order valence-electron chi connectivity index (χ3n) is 4.03. The monoisotopic (exact) mass is 447 g/mol. The third kappa shape index (κ3) is 12.9. The first-order chi connectivity index (χ1) is 15.7. The second-order valence-corrected chi connectivity index (χ2v) is 6.67. The van der Waals surface area contributed by atoms with Gasteiger partial charge in [-0.25, -0.2) is 0 Å². The third-order valence-corrected chi connectivity index (χ3v) is 4.03. The molecule has 0 aliphatic carbocycles. The van der Waals surface area contributed by atoms with Crippen molar-refractivity contribution in [1.82, 2.24) is 0 Å². The highest BCUT2D eigenvalue weighted by Crippen LogP contribution is 2.15. The summed E-state index contributed by atoms with van der Waals surface area (Å²) in [4.78, 5) is 11.0. The summed E-state index contributed by atoms with van der Waals surface area (Å²) in [5.74, 6) is 1.47. The average molecular weight is 448 g/mol. The molecule has 8 nitrogen and oxygen atoms in total. The number of benzene rings is 2. The summed E-state index contributed by atoms with van der Waals surface area (Å²) in [6.45, 7) is 6.50. The van der Waals surface area contributed by atoms with Crippen LogP contribution in [0.5, 0.6) is 11.5 Å². The summed E-state index contributed by atoms with van der Waals surface area (Å²) in [5, 5.41) is 2.71. The summed E-state index contributed by atoms with van der Waals surface area (Å²) in [5.41, 5.74) is 0.739. The van der Waals surface area contributed by atoms with E-state index in [0.29, 0.717) is 66.1 Å². The molecule has 0 atom stereocenters. The fourth-order valence-electron chi connectivity index (χ4n) is 2.55. The molecule has 32 heavy (non-hydrogen) atoms. The SMILES string of the molecule is CC(=O)Nc1ccc(OCCOCCOCCOCCOCCOc2ccccc2)cc1. The molecule has 1 N–H and O–H groups in total. The van der Waals surface area contributed by atoms with E-state index >= 15 is 0 Å². The molecule has 0 heterocycles. The van der Waals surface area contributed by atoms with E-state index < -0.39 is 0 Å². The van der Waals surface area contributed by atoms with E-state index in [1.165, 1.54) is 6.92 Å². The number of nitrogens with one attached hydrogen (secondary N) is 1. The fraction of sp³-hybridized carbons (Fsp3) is 0.458. The van der Waals surface area contributed by atoms with Crippen molar-refractivity contribution < 1.29 is 33.2 Å². The van der Waals surface area contributed by atoms with Crippen LogP contribution in [-0.2, 0) is 23.7 Å². The highest BCUT2D eigenvalue weighted by molar-refractivity contribution is 5.88. The highest BCUT2D eigenvalue weighted by Gasteiger charge is 1.98. The van der Waals surface area contributed by atoms with Gasteiger partial charge in [0, 0.05) is 12.6 Å². The predicted molar refractivity (Wildman–Crippen MR) is 121 cm³/mol. The predicted octanol–water partition coefficient (Wildman–Crippen LogP) is 3.17. The average Bonchev–Trinajstić information content (AvgIpc) is 2.80. The van der Waals surface area contributed by atoms with E-state index in [0.717, 1.165) is 17.2 Å². The summed E-state index contributed by atoms with van der Waals surface area (Å²) in [6.07, 6.45) is 0. The molecule has 0 bridgehead atoms. The zero-order valence-corrected chi connectivity index (χ0v) is 18.6. The Morgan fingerprint density at radius 2 is 1.00 bits per heavy atom. The van der Waals surface area contributed by atoms with E-state index in [4.69, 9.17) is 28.4 Å². The zero-order chi connectivity index (χ0) is 22.7. The molecular weight excluding hydrogens is 414 g/mol. The Morgan fingerprint density at radius 3 is 1.44 bits per heavy atom. The molecular formula is C24H33NO7. The molecule has 0 saturated heterocycles. The molecule has 0 saturated carbocycles. The fourth-order valence-corrected chi connectivity index (χ4v) is 2.55. The van der Waals surface area contributed by atoms with Gasteiger partial charge in [0.25, 0.3) is 0 Å². The van der Waals surface area contributed by atoms with Gasteiger partial charge in [0.2, 0.25) is 5.91 Å². The standard InChI is InChI=1S/C24H33NO7/c1-21(26)25-22-7-9-24(10-8-22)32-20-18-30-16-14-28-12-11-27-13-15-29-17-19-31-23-5-3-2-4-6-23/h2-10H,11-20H2,1H3,(H,25,26). The number of anilines is 1. The van der Waals surface area contributed by atoms with E-state index in [1.807, 2.05) is 30.3 Å². The maximum absolute atomic E-state index is 11.0. The Bertz CT molecular complexity index is 725. The number of ether oxygens (including phenoxy) is 6. The quantitative estimate of drug-likeness (QED) is 0.351. The van der Waals surface area contributed by atoms with Gasteiger partial charge in [-0.1, -0.05) is 18.2 Å². The molecule has 176 valence electrons. The van der Waals surface area contributed by atoms with Gasteiger partial charge < -0.3 is 33.7 Å². The van der Waals surface area contributed by atoms with Crippen molar-refractivity contribution in [2.24, 2.45) is 0 Å². The van der Waals surface area contributed by atoms with E-state index in [1.54, 1.807) is 24.3 Å². The van der Waals surface area contributed by atoms with Crippen molar-refractivity contribution in [1.29, 1.82) is 0 Å². The van der Waals surface area contributed by atoms with Crippen molar-refractivity contribution in [3.63, 3.8) is 0 Å². The van der Waals surface area contributed by atoms with Crippen molar-refractivity contribution in [2.75, 3.05) is 71.4 Å². The van der Waals surface area contributed by atoms with Gasteiger partial charge in [-0.05, 0) is 36.4 Å². The Kier molecular flexibility index (Phi) is 13.6. The van der Waals surface area contributed by atoms with Crippen LogP contribution in [0.15, 0.2) is 54.6 Å². The first kappa shape index (κ1) is 25.6. The van der Waals surface area contributed by atoms with Gasteiger partial charge in [0.05, 0.1) is 52.9 Å². The van der Waals surface area contributed by atoms with Gasteiger partial charge in [0.1, 0.15) is 24.7 Å². The molecule has 2 rings (SSSR count). The zero-order valence-electron chi connectivity index (χ0n) is 18.6. The second-order valence-electron chi connectivity index (χ2n) is 6.67. The van der Waals surface area contributed by atoms with Crippen molar-refractivity contribution in [3.05, 3.63) is 54.6 Å². The number of rotatable bonds is 18. The molecule has 8 heteroatoms. The number of hydrogen-bond acceptors (Lipinski definition) is 7. The number of hydrogen-bond donors (Lipinski definition) is 1. The van der Waals surface area contributed by atoms with Gasteiger partial charge in [0.15, 0.2) is 0 Å². The van der Waals surface area contributed by atoms with E-state index in [2.05, 4.69) is 5.32 Å². The molecule has 2 aromatic rings. The van der Waals surface area contributed by atoms with Crippen LogP contribution >= 0.6 is 0 Å². The van der Waals surface area contributed by atoms with Gasteiger partial charge in [-0.3, -0.25) is 4.79 Å². The smallest absolute Gasteiger partial charge is 0.221 e. The molecule has 0 spiro atoms. The summed E-state index contributed by atoms with van der Waals surface area (Å²) in [6, 6.07) is 16.8. The lowest BCUT2D eigenvalue weighted by molar-refractivity contribution is -0.114. The molecule has 0 fully saturated rings. The Hall–Kier alpha value is -2.65. The van der Waals surface area contributed by atoms with Crippen LogP contribution in [0.4, 0.5) is 5.69 Å². The minimum absolute atomic E-state index is 0.101. The van der Waals surface area contributed by atoms with Crippen LogP contribution in [0.25, 0.3) is 0 Å². The summed E-state index contributed by atoms with van der Waals surface area (Å²) in [7, 11) is 0. The number of amides is 1. The van der Waals surface area contributed by atoms with Crippen molar-refractivity contribution in [2.45, 2.75) is 6.92 Å². The van der Waals surface area contributed by atoms with Crippen LogP contribution in [0.2, 0.25) is 0 Å². The minimum Gasteiger partial charge on any atom is -0.491 e. The van der Waals surface area contributed by atoms with Crippen LogP contribution < -0.4 is 14.8 Å². The largest absolute Gasteiger partial charge is 0.491 e. The highest BCUT2D eigenvalue weighted by atomic mass is 16.6. The summed E-state index contributed by atoms with van der Waals surface area (Å²) < 4.78 is 32.9. The lowest BCUT2D eigenvalue weighted by atomic mass is 10.3. The number of carbonyl (C=O) groups is 1. The Labute approximate surface area is 189 Å². The molecule has 1 amide bonds. The van der Waals surface area contributed by atoms with Gasteiger partial charge in [-0.15, -0.1) is 0 Å². The van der Waals surface area contributed by atoms with E-state index in [-0.39, 0.29) is 5.91 Å². The van der Waals surface area contributed by atoms with E-state index in [9.17, 15) is 4.79 Å². The van der Waals surface area contributed by atoms with Crippen molar-refractivity contribution >= 4 is 11.6 Å². The van der Waals surface area contributed by atoms with Crippen LogP contribution in [0.3, 0.4) is 0 Å². The lowest BCUT2D eigenvalue weighted by Gasteiger charge is -2.09. The molecule has 0 aromatic heterocycles. The Morgan fingerprint density at radius 1 is 0.594 bits per heavy atom. The topological polar surface area (TPSA) is 84.5 Å². The Balaban J connectivity index is 1.29. The first-order valence-corrected chi connectivity index (χ1v) is 10.7. The van der Waals surface area contributed by atoms with Gasteiger partial charge in [-0.2, -0.15) is 0 Å². The lowest BCUT2D eigenvalue weighted by Crippen LogP contribution is -2.14.